The SMILES string of the molecule is COC(=O)CN1CCN([C@H](C(N)=O)c2ccccc2)CC1. The summed E-state index contributed by atoms with van der Waals surface area (Å²) in [6.07, 6.45) is 0. The van der Waals surface area contributed by atoms with Crippen LogP contribution in [0.1, 0.15) is 11.6 Å². The van der Waals surface area contributed by atoms with Gasteiger partial charge in [0.25, 0.3) is 0 Å². The van der Waals surface area contributed by atoms with Crippen molar-refractivity contribution in [1.29, 1.82) is 0 Å². The Hall–Kier alpha value is -1.92. The van der Waals surface area contributed by atoms with E-state index >= 15 is 0 Å². The molecule has 1 aliphatic rings. The number of carbonyl (C=O) groups excluding carboxylic acids is 2. The average molecular weight is 291 g/mol. The Morgan fingerprint density at radius 1 is 1.19 bits per heavy atom. The zero-order chi connectivity index (χ0) is 15.2. The molecule has 0 bridgehead atoms. The molecule has 0 aliphatic carbocycles. The lowest BCUT2D eigenvalue weighted by molar-refractivity contribution is -0.142. The van der Waals surface area contributed by atoms with Crippen LogP contribution in [0.4, 0.5) is 0 Å². The van der Waals surface area contributed by atoms with Crippen LogP contribution >= 0.6 is 0 Å². The fourth-order valence-corrected chi connectivity index (χ4v) is 2.62. The van der Waals surface area contributed by atoms with Gasteiger partial charge in [-0.15, -0.1) is 0 Å². The largest absolute Gasteiger partial charge is 0.468 e. The fraction of sp³-hybridized carbons (Fsp3) is 0.467. The first kappa shape index (κ1) is 15.5. The molecule has 0 spiro atoms. The molecular formula is C15H21N3O3. The van der Waals surface area contributed by atoms with E-state index in [1.165, 1.54) is 7.11 Å². The van der Waals surface area contributed by atoms with Crippen LogP contribution in [-0.4, -0.2) is 61.5 Å². The molecule has 0 radical (unpaired) electrons. The number of esters is 1. The summed E-state index contributed by atoms with van der Waals surface area (Å²) >= 11 is 0. The van der Waals surface area contributed by atoms with E-state index in [4.69, 9.17) is 5.73 Å². The second kappa shape index (κ2) is 7.19. The van der Waals surface area contributed by atoms with Crippen molar-refractivity contribution >= 4 is 11.9 Å². The maximum Gasteiger partial charge on any atom is 0.319 e. The molecule has 1 fully saturated rings. The Morgan fingerprint density at radius 2 is 1.81 bits per heavy atom. The summed E-state index contributed by atoms with van der Waals surface area (Å²) in [5, 5.41) is 0. The maximum atomic E-state index is 11.8. The highest BCUT2D eigenvalue weighted by molar-refractivity contribution is 5.81. The van der Waals surface area contributed by atoms with Gasteiger partial charge in [-0.25, -0.2) is 0 Å². The van der Waals surface area contributed by atoms with Gasteiger partial charge in [0.1, 0.15) is 6.04 Å². The molecule has 0 saturated carbocycles. The molecule has 2 rings (SSSR count). The van der Waals surface area contributed by atoms with Gasteiger partial charge >= 0.3 is 5.97 Å². The molecule has 1 amide bonds. The molecule has 2 N–H and O–H groups in total. The number of rotatable bonds is 5. The monoisotopic (exact) mass is 291 g/mol. The van der Waals surface area contributed by atoms with E-state index in [2.05, 4.69) is 9.64 Å². The number of nitrogens with two attached hydrogens (primary N) is 1. The summed E-state index contributed by atoms with van der Waals surface area (Å²) in [7, 11) is 1.39. The van der Waals surface area contributed by atoms with Gasteiger partial charge in [0.15, 0.2) is 0 Å². The van der Waals surface area contributed by atoms with Crippen LogP contribution in [0.3, 0.4) is 0 Å². The molecule has 1 aromatic carbocycles. The molecule has 1 heterocycles. The van der Waals surface area contributed by atoms with Gasteiger partial charge in [-0.1, -0.05) is 30.3 Å². The zero-order valence-electron chi connectivity index (χ0n) is 12.2. The third-order valence-electron chi connectivity index (χ3n) is 3.74. The molecule has 21 heavy (non-hydrogen) atoms. The van der Waals surface area contributed by atoms with Crippen molar-refractivity contribution in [1.82, 2.24) is 9.80 Å². The third kappa shape index (κ3) is 4.03. The summed E-state index contributed by atoms with van der Waals surface area (Å²) in [5.41, 5.74) is 6.48. The van der Waals surface area contributed by atoms with Crippen LogP contribution < -0.4 is 5.73 Å². The summed E-state index contributed by atoms with van der Waals surface area (Å²) < 4.78 is 4.67. The molecule has 1 saturated heterocycles. The molecule has 0 aromatic heterocycles. The third-order valence-corrected chi connectivity index (χ3v) is 3.74. The zero-order valence-corrected chi connectivity index (χ0v) is 12.2. The Balaban J connectivity index is 1.99. The van der Waals surface area contributed by atoms with Gasteiger partial charge in [0.2, 0.25) is 5.91 Å². The number of hydrogen-bond donors (Lipinski definition) is 1. The minimum atomic E-state index is -0.411. The average Bonchev–Trinajstić information content (AvgIpc) is 2.50. The predicted molar refractivity (Wildman–Crippen MR) is 78.4 cm³/mol. The van der Waals surface area contributed by atoms with Crippen LogP contribution in [0.2, 0.25) is 0 Å². The molecule has 1 atom stereocenters. The summed E-state index contributed by atoms with van der Waals surface area (Å²) in [6.45, 7) is 3.10. The Morgan fingerprint density at radius 3 is 2.33 bits per heavy atom. The van der Waals surface area contributed by atoms with Crippen LogP contribution in [-0.2, 0) is 14.3 Å². The van der Waals surface area contributed by atoms with Crippen LogP contribution in [0.15, 0.2) is 30.3 Å². The molecular weight excluding hydrogens is 270 g/mol. The van der Waals surface area contributed by atoms with Crippen LogP contribution in [0, 0.1) is 0 Å². The van der Waals surface area contributed by atoms with Gasteiger partial charge in [-0.3, -0.25) is 19.4 Å². The van der Waals surface area contributed by atoms with Gasteiger partial charge in [0.05, 0.1) is 13.7 Å². The quantitative estimate of drug-likeness (QED) is 0.773. The van der Waals surface area contributed by atoms with E-state index in [9.17, 15) is 9.59 Å². The standard InChI is InChI=1S/C15H21N3O3/c1-21-13(19)11-17-7-9-18(10-8-17)14(15(16)20)12-5-3-2-4-6-12/h2-6,14H,7-11H2,1H3,(H2,16,20)/t14-/m0/s1. The number of nitrogens with zero attached hydrogens (tertiary/aromatic N) is 2. The number of ether oxygens (including phenoxy) is 1. The van der Waals surface area contributed by atoms with Gasteiger partial charge in [0, 0.05) is 26.2 Å². The van der Waals surface area contributed by atoms with Crippen molar-refractivity contribution in [2.24, 2.45) is 5.73 Å². The lowest BCUT2D eigenvalue weighted by Crippen LogP contribution is -2.51. The molecule has 114 valence electrons. The highest BCUT2D eigenvalue weighted by Gasteiger charge is 2.29. The molecule has 6 nitrogen and oxygen atoms in total. The van der Waals surface area contributed by atoms with Gasteiger partial charge in [-0.2, -0.15) is 0 Å². The second-order valence-electron chi connectivity index (χ2n) is 5.10. The van der Waals surface area contributed by atoms with Crippen molar-refractivity contribution in [3.05, 3.63) is 35.9 Å². The number of piperazine rings is 1. The smallest absolute Gasteiger partial charge is 0.319 e. The summed E-state index contributed by atoms with van der Waals surface area (Å²) in [5.74, 6) is -0.583. The van der Waals surface area contributed by atoms with E-state index in [1.807, 2.05) is 35.2 Å². The normalized spacial score (nSPS) is 18.1. The number of primary amides is 1. The predicted octanol–water partition coefficient (Wildman–Crippen LogP) is 0.00360. The van der Waals surface area contributed by atoms with Crippen LogP contribution in [0.25, 0.3) is 0 Å². The van der Waals surface area contributed by atoms with E-state index in [0.717, 1.165) is 5.56 Å². The Bertz CT molecular complexity index is 484. The van der Waals surface area contributed by atoms with Crippen molar-refractivity contribution in [2.75, 3.05) is 39.8 Å². The Kier molecular flexibility index (Phi) is 5.30. The first-order valence-electron chi connectivity index (χ1n) is 6.99. The minimum absolute atomic E-state index is 0.238. The number of methoxy groups -OCH3 is 1. The highest BCUT2D eigenvalue weighted by Crippen LogP contribution is 2.21. The molecule has 6 heteroatoms. The number of amides is 1. The lowest BCUT2D eigenvalue weighted by atomic mass is 10.0. The van der Waals surface area contributed by atoms with Crippen molar-refractivity contribution < 1.29 is 14.3 Å². The van der Waals surface area contributed by atoms with E-state index in [1.54, 1.807) is 0 Å². The van der Waals surface area contributed by atoms with E-state index in [-0.39, 0.29) is 18.4 Å². The van der Waals surface area contributed by atoms with Crippen LogP contribution in [0.5, 0.6) is 0 Å². The topological polar surface area (TPSA) is 75.9 Å². The minimum Gasteiger partial charge on any atom is -0.468 e. The first-order valence-corrected chi connectivity index (χ1v) is 6.99. The number of hydrogen-bond acceptors (Lipinski definition) is 5. The highest BCUT2D eigenvalue weighted by atomic mass is 16.5. The summed E-state index contributed by atoms with van der Waals surface area (Å²) in [4.78, 5) is 27.2. The van der Waals surface area contributed by atoms with E-state index < -0.39 is 6.04 Å². The summed E-state index contributed by atoms with van der Waals surface area (Å²) in [6, 6.07) is 9.13. The maximum absolute atomic E-state index is 11.8. The molecule has 1 aliphatic heterocycles. The number of benzene rings is 1. The fourth-order valence-electron chi connectivity index (χ4n) is 2.62. The van der Waals surface area contributed by atoms with Crippen molar-refractivity contribution in [3.8, 4) is 0 Å². The number of carbonyl (C=O) groups is 2. The van der Waals surface area contributed by atoms with Crippen molar-refractivity contribution in [2.45, 2.75) is 6.04 Å². The molecule has 1 aromatic rings. The van der Waals surface area contributed by atoms with Gasteiger partial charge < -0.3 is 10.5 Å². The Labute approximate surface area is 124 Å². The van der Waals surface area contributed by atoms with Gasteiger partial charge in [-0.05, 0) is 5.56 Å². The lowest BCUT2D eigenvalue weighted by Gasteiger charge is -2.37. The first-order chi connectivity index (χ1) is 10.1. The van der Waals surface area contributed by atoms with Crippen molar-refractivity contribution in [3.63, 3.8) is 0 Å². The molecule has 0 unspecified atom stereocenters. The van der Waals surface area contributed by atoms with E-state index in [0.29, 0.717) is 26.2 Å². The second-order valence-corrected chi connectivity index (χ2v) is 5.10.